The summed E-state index contributed by atoms with van der Waals surface area (Å²) in [6.45, 7) is 10.0. The van der Waals surface area contributed by atoms with Crippen LogP contribution in [0.1, 0.15) is 57.4 Å². The van der Waals surface area contributed by atoms with E-state index < -0.39 is 21.9 Å². The summed E-state index contributed by atoms with van der Waals surface area (Å²) in [5, 5.41) is 0.420. The van der Waals surface area contributed by atoms with Gasteiger partial charge in [0, 0.05) is 11.1 Å². The summed E-state index contributed by atoms with van der Waals surface area (Å²) >= 11 is 7.00. The summed E-state index contributed by atoms with van der Waals surface area (Å²) < 4.78 is 48.4. The molecule has 204 valence electrons. The number of hydrogen-bond donors (Lipinski definition) is 0. The number of fused-ring (bicyclic) bond motifs is 1. The Bertz CT molecular complexity index is 1460. The monoisotopic (exact) mass is 577 g/mol. The average Bonchev–Trinajstić information content (AvgIpc) is 3.48. The largest absolute Gasteiger partial charge is 0.496 e. The van der Waals surface area contributed by atoms with Crippen molar-refractivity contribution in [3.05, 3.63) is 53.4 Å². The number of anilines is 1. The normalized spacial score (nSPS) is 16.1. The number of thiocarbonyl (C=S) groups is 1. The zero-order valence-corrected chi connectivity index (χ0v) is 24.8. The van der Waals surface area contributed by atoms with Crippen molar-refractivity contribution in [3.63, 3.8) is 0 Å². The van der Waals surface area contributed by atoms with Gasteiger partial charge in [-0.25, -0.2) is 13.6 Å². The van der Waals surface area contributed by atoms with Crippen molar-refractivity contribution in [2.24, 2.45) is 0 Å². The topological polar surface area (TPSA) is 102 Å². The van der Waals surface area contributed by atoms with Gasteiger partial charge >= 0.3 is 10.2 Å². The molecule has 0 aliphatic carbocycles. The van der Waals surface area contributed by atoms with Crippen LogP contribution < -0.4 is 9.04 Å². The maximum atomic E-state index is 14.3. The lowest BCUT2D eigenvalue weighted by molar-refractivity contribution is -0.123. The summed E-state index contributed by atoms with van der Waals surface area (Å²) in [6, 6.07) is 7.34. The van der Waals surface area contributed by atoms with E-state index in [0.717, 1.165) is 9.87 Å². The summed E-state index contributed by atoms with van der Waals surface area (Å²) in [7, 11) is -2.76. The Morgan fingerprint density at radius 1 is 1.26 bits per heavy atom. The van der Waals surface area contributed by atoms with Crippen molar-refractivity contribution in [2.45, 2.75) is 59.3 Å². The Morgan fingerprint density at radius 3 is 2.53 bits per heavy atom. The van der Waals surface area contributed by atoms with Crippen LogP contribution in [-0.2, 0) is 19.7 Å². The highest BCUT2D eigenvalue weighted by Crippen LogP contribution is 2.48. The van der Waals surface area contributed by atoms with Crippen molar-refractivity contribution < 1.29 is 27.1 Å². The Balaban J connectivity index is 1.96. The van der Waals surface area contributed by atoms with Crippen molar-refractivity contribution >= 4 is 49.5 Å². The van der Waals surface area contributed by atoms with Gasteiger partial charge in [0.05, 0.1) is 30.8 Å². The number of hydrogen-bond acceptors (Lipinski definition) is 9. The molecule has 1 aromatic carbocycles. The van der Waals surface area contributed by atoms with Crippen molar-refractivity contribution in [1.82, 2.24) is 9.29 Å². The maximum absolute atomic E-state index is 14.3. The Hall–Kier alpha value is -2.80. The number of ether oxygens (including phenoxy) is 2. The second-order valence-electron chi connectivity index (χ2n) is 9.71. The van der Waals surface area contributed by atoms with E-state index in [9.17, 15) is 13.2 Å². The Morgan fingerprint density at radius 2 is 1.95 bits per heavy atom. The van der Waals surface area contributed by atoms with Crippen LogP contribution in [0.5, 0.6) is 5.75 Å². The van der Waals surface area contributed by atoms with Crippen LogP contribution in [0.3, 0.4) is 0 Å². The minimum absolute atomic E-state index is 0.0571. The van der Waals surface area contributed by atoms with E-state index in [-0.39, 0.29) is 23.4 Å². The quantitative estimate of drug-likeness (QED) is 0.316. The number of carbonyl (C=O) groups is 1. The molecule has 0 amide bonds. The summed E-state index contributed by atoms with van der Waals surface area (Å²) in [6.07, 6.45) is 2.09. The molecule has 0 bridgehead atoms. The van der Waals surface area contributed by atoms with Crippen LogP contribution in [0.25, 0.3) is 10.8 Å². The number of carbonyl (C=O) groups excluding carboxylic acids is 1. The molecule has 0 unspecified atom stereocenters. The van der Waals surface area contributed by atoms with Crippen LogP contribution in [0.2, 0.25) is 0 Å². The van der Waals surface area contributed by atoms with Crippen molar-refractivity contribution in [3.8, 4) is 16.5 Å². The van der Waals surface area contributed by atoms with Crippen LogP contribution >= 0.6 is 23.6 Å². The lowest BCUT2D eigenvalue weighted by Gasteiger charge is -2.44. The molecule has 9 nitrogen and oxygen atoms in total. The van der Waals surface area contributed by atoms with E-state index in [1.807, 2.05) is 39.0 Å². The molecule has 3 heterocycles. The van der Waals surface area contributed by atoms with E-state index in [1.54, 1.807) is 27.0 Å². The number of aromatic nitrogens is 1. The number of benzene rings is 1. The molecule has 0 N–H and O–H groups in total. The van der Waals surface area contributed by atoms with Gasteiger partial charge in [-0.15, -0.1) is 11.3 Å². The van der Waals surface area contributed by atoms with Gasteiger partial charge in [-0.2, -0.15) is 8.42 Å². The van der Waals surface area contributed by atoms with Crippen LogP contribution in [0, 0.1) is 6.92 Å². The standard InChI is InChI=1S/C26H31N3O6S3/c1-15(2)35-20(18-10-8-9-11-19(18)33-7)14-28-25-21(16(3)22(37-25)23-27-12-13-34-23)24(36)29(38(28,31)32)26(5,6)17(4)30/h8-13,15,20H,14H2,1-7H3/t20-/m0/s1. The molecule has 0 radical (unpaired) electrons. The molecule has 0 spiro atoms. The van der Waals surface area contributed by atoms with Crippen LogP contribution in [0.15, 0.2) is 41.1 Å². The van der Waals surface area contributed by atoms with E-state index in [4.69, 9.17) is 26.1 Å². The highest BCUT2D eigenvalue weighted by atomic mass is 32.2. The van der Waals surface area contributed by atoms with Crippen LogP contribution in [-0.4, -0.2) is 53.8 Å². The Labute approximate surface area is 232 Å². The molecule has 1 aliphatic heterocycles. The van der Waals surface area contributed by atoms with Gasteiger partial charge in [0.15, 0.2) is 5.78 Å². The van der Waals surface area contributed by atoms with Crippen molar-refractivity contribution in [2.75, 3.05) is 18.0 Å². The van der Waals surface area contributed by atoms with E-state index in [0.29, 0.717) is 32.6 Å². The zero-order valence-electron chi connectivity index (χ0n) is 22.3. The zero-order chi connectivity index (χ0) is 28.0. The maximum Gasteiger partial charge on any atom is 0.328 e. The lowest BCUT2D eigenvalue weighted by atomic mass is 9.99. The SMILES string of the molecule is COc1ccccc1[C@H](CN1c2sc(-c3ncco3)c(C)c2C(=S)N(C(C)(C)C(C)=O)S1(=O)=O)OC(C)C. The second-order valence-corrected chi connectivity index (χ2v) is 12.8. The fourth-order valence-electron chi connectivity index (χ4n) is 4.36. The minimum atomic E-state index is -4.32. The molecule has 1 aliphatic rings. The molecule has 1 atom stereocenters. The van der Waals surface area contributed by atoms with Gasteiger partial charge in [0.1, 0.15) is 33.6 Å². The Kier molecular flexibility index (Phi) is 7.72. The van der Waals surface area contributed by atoms with E-state index in [2.05, 4.69) is 4.98 Å². The first-order valence-corrected chi connectivity index (χ1v) is 14.6. The smallest absolute Gasteiger partial charge is 0.328 e. The number of Topliss-reactive ketones (excluding diaryl/α,β-unsaturated/α-hetero) is 1. The third-order valence-corrected chi connectivity index (χ3v) is 10.4. The van der Waals surface area contributed by atoms with Gasteiger partial charge in [-0.1, -0.05) is 30.4 Å². The van der Waals surface area contributed by atoms with E-state index >= 15 is 0 Å². The molecule has 12 heteroatoms. The summed E-state index contributed by atoms with van der Waals surface area (Å²) in [4.78, 5) is 17.7. The first kappa shape index (κ1) is 28.2. The first-order chi connectivity index (χ1) is 17.8. The molecule has 2 aromatic heterocycles. The number of oxazole rings is 1. The fourth-order valence-corrected chi connectivity index (χ4v) is 8.58. The van der Waals surface area contributed by atoms with Crippen molar-refractivity contribution in [1.29, 1.82) is 0 Å². The van der Waals surface area contributed by atoms with Gasteiger partial charge in [-0.3, -0.25) is 4.79 Å². The number of para-hydroxylation sites is 1. The number of rotatable bonds is 9. The molecular weight excluding hydrogens is 547 g/mol. The second kappa shape index (κ2) is 10.4. The lowest BCUT2D eigenvalue weighted by Crippen LogP contribution is -2.61. The number of thiophene rings is 1. The average molecular weight is 578 g/mol. The minimum Gasteiger partial charge on any atom is -0.496 e. The summed E-state index contributed by atoms with van der Waals surface area (Å²) in [5.41, 5.74) is 0.542. The van der Waals surface area contributed by atoms with E-state index in [1.165, 1.54) is 35.0 Å². The highest BCUT2D eigenvalue weighted by molar-refractivity contribution is 7.93. The van der Waals surface area contributed by atoms with Gasteiger partial charge in [-0.05, 0) is 53.2 Å². The molecule has 0 fully saturated rings. The third kappa shape index (κ3) is 4.74. The molecular formula is C26H31N3O6S3. The molecule has 0 saturated heterocycles. The van der Waals surface area contributed by atoms with Crippen LogP contribution in [0.4, 0.5) is 5.00 Å². The predicted molar refractivity (Wildman–Crippen MR) is 151 cm³/mol. The third-order valence-electron chi connectivity index (χ3n) is 6.51. The number of nitrogens with zero attached hydrogens (tertiary/aromatic N) is 3. The fraction of sp³-hybridized carbons (Fsp3) is 0.423. The number of ketones is 1. The first-order valence-electron chi connectivity index (χ1n) is 12.0. The molecule has 3 aromatic rings. The highest BCUT2D eigenvalue weighted by Gasteiger charge is 2.51. The number of methoxy groups -OCH3 is 1. The molecule has 0 saturated carbocycles. The van der Waals surface area contributed by atoms with Gasteiger partial charge in [0.25, 0.3) is 0 Å². The molecule has 4 rings (SSSR count). The van der Waals surface area contributed by atoms with Gasteiger partial charge in [0.2, 0.25) is 5.89 Å². The summed E-state index contributed by atoms with van der Waals surface area (Å²) in [5.74, 6) is 0.596. The predicted octanol–water partition coefficient (Wildman–Crippen LogP) is 5.30. The van der Waals surface area contributed by atoms with Gasteiger partial charge < -0.3 is 13.9 Å². The molecule has 38 heavy (non-hydrogen) atoms.